The molecule has 1 aromatic rings. The first-order valence-corrected chi connectivity index (χ1v) is 7.37. The highest BCUT2D eigenvalue weighted by molar-refractivity contribution is 9.10. The molecule has 0 bridgehead atoms. The molecule has 19 heavy (non-hydrogen) atoms. The van der Waals surface area contributed by atoms with Crippen LogP contribution in [0.2, 0.25) is 0 Å². The van der Waals surface area contributed by atoms with Gasteiger partial charge in [-0.2, -0.15) is 0 Å². The number of hydrogen-bond donors (Lipinski definition) is 0. The van der Waals surface area contributed by atoms with Gasteiger partial charge >= 0.3 is 0 Å². The lowest BCUT2D eigenvalue weighted by molar-refractivity contribution is -0.143. The topological polar surface area (TPSA) is 29.5 Å². The second-order valence-electron chi connectivity index (χ2n) is 5.29. The molecule has 1 fully saturated rings. The van der Waals surface area contributed by atoms with Crippen molar-refractivity contribution in [2.24, 2.45) is 0 Å². The number of carbonyl (C=O) groups is 1. The highest BCUT2D eigenvalue weighted by atomic mass is 79.9. The van der Waals surface area contributed by atoms with Gasteiger partial charge in [-0.25, -0.2) is 0 Å². The second-order valence-corrected chi connectivity index (χ2v) is 6.21. The van der Waals surface area contributed by atoms with Gasteiger partial charge in [-0.05, 0) is 37.0 Å². The Labute approximate surface area is 123 Å². The van der Waals surface area contributed by atoms with Gasteiger partial charge in [0.2, 0.25) is 5.91 Å². The molecule has 1 aromatic carbocycles. The van der Waals surface area contributed by atoms with Crippen molar-refractivity contribution in [3.05, 3.63) is 34.3 Å². The Morgan fingerprint density at radius 1 is 1.37 bits per heavy atom. The number of benzene rings is 1. The molecule has 1 aliphatic rings. The lowest BCUT2D eigenvalue weighted by Crippen LogP contribution is -2.44. The predicted molar refractivity (Wildman–Crippen MR) is 78.8 cm³/mol. The van der Waals surface area contributed by atoms with Gasteiger partial charge in [0.15, 0.2) is 0 Å². The first-order chi connectivity index (χ1) is 9.04. The van der Waals surface area contributed by atoms with Crippen LogP contribution in [0.4, 0.5) is 0 Å². The molecule has 4 heteroatoms. The highest BCUT2D eigenvalue weighted by Gasteiger charge is 2.39. The summed E-state index contributed by atoms with van der Waals surface area (Å²) in [7, 11) is 3.56. The molecule has 3 nitrogen and oxygen atoms in total. The molecule has 1 amide bonds. The predicted octanol–water partition coefficient (Wildman–Crippen LogP) is 3.37. The van der Waals surface area contributed by atoms with Crippen LogP contribution in [0, 0.1) is 0 Å². The summed E-state index contributed by atoms with van der Waals surface area (Å²) in [5.74, 6) is 0.157. The Hall–Kier alpha value is -0.870. The lowest BCUT2D eigenvalue weighted by Gasteiger charge is -2.40. The summed E-state index contributed by atoms with van der Waals surface area (Å²) in [6.07, 6.45) is 3.66. The third kappa shape index (κ3) is 3.57. The first-order valence-electron chi connectivity index (χ1n) is 6.58. The Morgan fingerprint density at radius 2 is 2.00 bits per heavy atom. The standard InChI is InChI=1S/C15H20BrNO2/c1-17(11-12-4-6-13(16)7-5-12)14(18)10-15(19-2)8-3-9-15/h4-7H,3,8-11H2,1-2H3. The maximum Gasteiger partial charge on any atom is 0.225 e. The van der Waals surface area contributed by atoms with Gasteiger partial charge in [-0.1, -0.05) is 28.1 Å². The fraction of sp³-hybridized carbons (Fsp3) is 0.533. The van der Waals surface area contributed by atoms with Crippen LogP contribution in [0.25, 0.3) is 0 Å². The number of nitrogens with zero attached hydrogens (tertiary/aromatic N) is 1. The lowest BCUT2D eigenvalue weighted by atomic mass is 9.77. The average molecular weight is 326 g/mol. The summed E-state index contributed by atoms with van der Waals surface area (Å²) in [6.45, 7) is 0.645. The van der Waals surface area contributed by atoms with Gasteiger partial charge in [0, 0.05) is 25.2 Å². The Morgan fingerprint density at radius 3 is 2.47 bits per heavy atom. The molecule has 0 aromatic heterocycles. The number of methoxy groups -OCH3 is 1. The molecule has 0 heterocycles. The van der Waals surface area contributed by atoms with E-state index in [1.807, 2.05) is 31.3 Å². The minimum Gasteiger partial charge on any atom is -0.378 e. The van der Waals surface area contributed by atoms with E-state index in [1.54, 1.807) is 12.0 Å². The largest absolute Gasteiger partial charge is 0.378 e. The molecule has 0 spiro atoms. The fourth-order valence-electron chi connectivity index (χ4n) is 2.39. The molecule has 0 N–H and O–H groups in total. The van der Waals surface area contributed by atoms with E-state index in [0.717, 1.165) is 29.3 Å². The highest BCUT2D eigenvalue weighted by Crippen LogP contribution is 2.38. The minimum absolute atomic E-state index is 0.157. The van der Waals surface area contributed by atoms with Crippen LogP contribution in [0.15, 0.2) is 28.7 Å². The molecule has 0 radical (unpaired) electrons. The molecule has 0 aliphatic heterocycles. The second kappa shape index (κ2) is 6.06. The molecule has 104 valence electrons. The van der Waals surface area contributed by atoms with Crippen LogP contribution in [0.3, 0.4) is 0 Å². The van der Waals surface area contributed by atoms with E-state index in [4.69, 9.17) is 4.74 Å². The Kier molecular flexibility index (Phi) is 4.63. The summed E-state index contributed by atoms with van der Waals surface area (Å²) >= 11 is 3.41. The smallest absolute Gasteiger partial charge is 0.225 e. The van der Waals surface area contributed by atoms with Crippen molar-refractivity contribution in [2.75, 3.05) is 14.2 Å². The maximum atomic E-state index is 12.2. The van der Waals surface area contributed by atoms with Gasteiger partial charge < -0.3 is 9.64 Å². The van der Waals surface area contributed by atoms with Crippen LogP contribution >= 0.6 is 15.9 Å². The SMILES string of the molecule is COC1(CC(=O)N(C)Cc2ccc(Br)cc2)CCC1. The van der Waals surface area contributed by atoms with Crippen molar-refractivity contribution in [1.29, 1.82) is 0 Å². The van der Waals surface area contributed by atoms with E-state index in [0.29, 0.717) is 13.0 Å². The maximum absolute atomic E-state index is 12.2. The van der Waals surface area contributed by atoms with Crippen molar-refractivity contribution < 1.29 is 9.53 Å². The zero-order valence-electron chi connectivity index (χ0n) is 11.5. The number of hydrogen-bond acceptors (Lipinski definition) is 2. The van der Waals surface area contributed by atoms with Crippen molar-refractivity contribution in [2.45, 2.75) is 37.8 Å². The number of ether oxygens (including phenoxy) is 1. The van der Waals surface area contributed by atoms with E-state index in [-0.39, 0.29) is 11.5 Å². The summed E-state index contributed by atoms with van der Waals surface area (Å²) in [4.78, 5) is 14.0. The van der Waals surface area contributed by atoms with Crippen LogP contribution < -0.4 is 0 Å². The molecule has 0 atom stereocenters. The number of carbonyl (C=O) groups excluding carboxylic acids is 1. The Bertz CT molecular complexity index is 434. The normalized spacial score (nSPS) is 16.8. The third-order valence-corrected chi connectivity index (χ3v) is 4.46. The minimum atomic E-state index is -0.189. The molecular weight excluding hydrogens is 306 g/mol. The molecule has 0 saturated heterocycles. The zero-order valence-corrected chi connectivity index (χ0v) is 13.1. The number of rotatable bonds is 5. The van der Waals surface area contributed by atoms with Crippen molar-refractivity contribution >= 4 is 21.8 Å². The molecule has 0 unspecified atom stereocenters. The van der Waals surface area contributed by atoms with Gasteiger partial charge in [0.25, 0.3) is 0 Å². The third-order valence-electron chi connectivity index (χ3n) is 3.93. The summed E-state index contributed by atoms with van der Waals surface area (Å²) < 4.78 is 6.56. The number of amides is 1. The first kappa shape index (κ1) is 14.5. The fourth-order valence-corrected chi connectivity index (χ4v) is 2.65. The molecule has 1 aliphatic carbocycles. The van der Waals surface area contributed by atoms with E-state index in [1.165, 1.54) is 0 Å². The van der Waals surface area contributed by atoms with Crippen molar-refractivity contribution in [3.63, 3.8) is 0 Å². The van der Waals surface area contributed by atoms with Gasteiger partial charge in [-0.3, -0.25) is 4.79 Å². The van der Waals surface area contributed by atoms with Crippen molar-refractivity contribution in [3.8, 4) is 0 Å². The zero-order chi connectivity index (χ0) is 13.9. The van der Waals surface area contributed by atoms with Crippen molar-refractivity contribution in [1.82, 2.24) is 4.90 Å². The number of halogens is 1. The van der Waals surface area contributed by atoms with Gasteiger partial charge in [0.05, 0.1) is 12.0 Å². The summed E-state index contributed by atoms with van der Waals surface area (Å²) in [5.41, 5.74) is 0.949. The van der Waals surface area contributed by atoms with E-state index < -0.39 is 0 Å². The summed E-state index contributed by atoms with van der Waals surface area (Å²) in [5, 5.41) is 0. The molecule has 2 rings (SSSR count). The van der Waals surface area contributed by atoms with Crippen LogP contribution in [-0.4, -0.2) is 30.6 Å². The van der Waals surface area contributed by atoms with Crippen LogP contribution in [0.1, 0.15) is 31.2 Å². The van der Waals surface area contributed by atoms with E-state index >= 15 is 0 Å². The summed E-state index contributed by atoms with van der Waals surface area (Å²) in [6, 6.07) is 8.05. The van der Waals surface area contributed by atoms with E-state index in [2.05, 4.69) is 15.9 Å². The van der Waals surface area contributed by atoms with E-state index in [9.17, 15) is 4.79 Å². The molecule has 1 saturated carbocycles. The van der Waals surface area contributed by atoms with Crippen LogP contribution in [0.5, 0.6) is 0 Å². The van der Waals surface area contributed by atoms with Crippen LogP contribution in [-0.2, 0) is 16.1 Å². The van der Waals surface area contributed by atoms with Gasteiger partial charge in [-0.15, -0.1) is 0 Å². The monoisotopic (exact) mass is 325 g/mol. The Balaban J connectivity index is 1.90. The van der Waals surface area contributed by atoms with Gasteiger partial charge in [0.1, 0.15) is 0 Å². The molecular formula is C15H20BrNO2. The quantitative estimate of drug-likeness (QED) is 0.830. The average Bonchev–Trinajstić information content (AvgIpc) is 2.36.